The average molecular weight is 192 g/mol. The van der Waals surface area contributed by atoms with Gasteiger partial charge in [0.1, 0.15) is 0 Å². The smallest absolute Gasteiger partial charge is 0.254 e. The van der Waals surface area contributed by atoms with Gasteiger partial charge in [-0.2, -0.15) is 0 Å². The molecule has 2 rings (SSSR count). The van der Waals surface area contributed by atoms with Crippen LogP contribution in [0.5, 0.6) is 0 Å². The first-order valence-corrected chi connectivity index (χ1v) is 4.49. The van der Waals surface area contributed by atoms with Crippen LogP contribution in [0.1, 0.15) is 30.1 Å². The van der Waals surface area contributed by atoms with Crippen LogP contribution >= 0.6 is 0 Å². The molecule has 74 valence electrons. The first kappa shape index (κ1) is 8.93. The number of anilines is 1. The van der Waals surface area contributed by atoms with Gasteiger partial charge in [-0.05, 0) is 19.8 Å². The second-order valence-corrected chi connectivity index (χ2v) is 3.84. The number of nitrogens with two attached hydrogens (primary N) is 1. The molecule has 1 amide bonds. The standard InChI is InChI=1S/C9H12N4O/c1-9(2-3-9)13-7(14)6-4-11-8(10)12-5-6/h4-5H,2-3H2,1H3,(H,13,14)(H2,10,11,12). The zero-order chi connectivity index (χ0) is 10.2. The van der Waals surface area contributed by atoms with Crippen molar-refractivity contribution in [3.8, 4) is 0 Å². The van der Waals surface area contributed by atoms with Crippen molar-refractivity contribution >= 4 is 11.9 Å². The van der Waals surface area contributed by atoms with E-state index in [1.54, 1.807) is 0 Å². The van der Waals surface area contributed by atoms with Gasteiger partial charge in [0, 0.05) is 17.9 Å². The molecule has 5 heteroatoms. The molecular formula is C9H12N4O. The van der Waals surface area contributed by atoms with Crippen molar-refractivity contribution in [2.24, 2.45) is 0 Å². The molecule has 1 aliphatic rings. The number of nitrogens with one attached hydrogen (secondary N) is 1. The first-order chi connectivity index (χ1) is 6.59. The van der Waals surface area contributed by atoms with Gasteiger partial charge < -0.3 is 11.1 Å². The normalized spacial score (nSPS) is 17.5. The van der Waals surface area contributed by atoms with Gasteiger partial charge in [0.15, 0.2) is 0 Å². The molecule has 1 heterocycles. The topological polar surface area (TPSA) is 80.9 Å². The van der Waals surface area contributed by atoms with Gasteiger partial charge in [-0.15, -0.1) is 0 Å². The fourth-order valence-corrected chi connectivity index (χ4v) is 1.11. The summed E-state index contributed by atoms with van der Waals surface area (Å²) in [6.45, 7) is 2.02. The predicted octanol–water partition coefficient (Wildman–Crippen LogP) is 0.341. The minimum atomic E-state index is -0.134. The van der Waals surface area contributed by atoms with E-state index in [1.807, 2.05) is 6.92 Å². The summed E-state index contributed by atoms with van der Waals surface area (Å²) < 4.78 is 0. The van der Waals surface area contributed by atoms with E-state index in [9.17, 15) is 4.79 Å². The van der Waals surface area contributed by atoms with E-state index < -0.39 is 0 Å². The third kappa shape index (κ3) is 1.81. The van der Waals surface area contributed by atoms with Crippen LogP contribution in [-0.4, -0.2) is 21.4 Å². The SMILES string of the molecule is CC1(NC(=O)c2cnc(N)nc2)CC1. The molecule has 0 radical (unpaired) electrons. The van der Waals surface area contributed by atoms with E-state index in [0.717, 1.165) is 12.8 Å². The molecule has 3 N–H and O–H groups in total. The summed E-state index contributed by atoms with van der Waals surface area (Å²) in [6.07, 6.45) is 4.94. The van der Waals surface area contributed by atoms with E-state index in [0.29, 0.717) is 5.56 Å². The summed E-state index contributed by atoms with van der Waals surface area (Å²) in [6, 6.07) is 0. The maximum Gasteiger partial charge on any atom is 0.254 e. The zero-order valence-corrected chi connectivity index (χ0v) is 7.95. The van der Waals surface area contributed by atoms with E-state index in [-0.39, 0.29) is 17.4 Å². The quantitative estimate of drug-likeness (QED) is 0.708. The van der Waals surface area contributed by atoms with E-state index in [2.05, 4.69) is 15.3 Å². The summed E-state index contributed by atoms with van der Waals surface area (Å²) >= 11 is 0. The lowest BCUT2D eigenvalue weighted by molar-refractivity contribution is 0.0935. The maximum absolute atomic E-state index is 11.6. The highest BCUT2D eigenvalue weighted by Gasteiger charge is 2.38. The number of nitrogen functional groups attached to an aromatic ring is 1. The second kappa shape index (κ2) is 2.94. The van der Waals surface area contributed by atoms with Crippen molar-refractivity contribution < 1.29 is 4.79 Å². The van der Waals surface area contributed by atoms with E-state index >= 15 is 0 Å². The fraction of sp³-hybridized carbons (Fsp3) is 0.444. The summed E-state index contributed by atoms with van der Waals surface area (Å²) in [7, 11) is 0. The molecule has 0 aliphatic heterocycles. The molecule has 0 bridgehead atoms. The fourth-order valence-electron chi connectivity index (χ4n) is 1.11. The van der Waals surface area contributed by atoms with Crippen LogP contribution in [0.3, 0.4) is 0 Å². The molecule has 1 fully saturated rings. The number of aromatic nitrogens is 2. The zero-order valence-electron chi connectivity index (χ0n) is 7.95. The van der Waals surface area contributed by atoms with Crippen molar-refractivity contribution in [2.75, 3.05) is 5.73 Å². The minimum absolute atomic E-state index is 0.0154. The lowest BCUT2D eigenvalue weighted by Crippen LogP contribution is -2.34. The van der Waals surface area contributed by atoms with Gasteiger partial charge in [-0.1, -0.05) is 0 Å². The van der Waals surface area contributed by atoms with Gasteiger partial charge >= 0.3 is 0 Å². The molecule has 0 atom stereocenters. The maximum atomic E-state index is 11.6. The summed E-state index contributed by atoms with van der Waals surface area (Å²) in [5.41, 5.74) is 5.75. The third-order valence-electron chi connectivity index (χ3n) is 2.35. The molecule has 1 aromatic rings. The van der Waals surface area contributed by atoms with Crippen LogP contribution in [-0.2, 0) is 0 Å². The predicted molar refractivity (Wildman–Crippen MR) is 51.5 cm³/mol. The molecule has 0 saturated heterocycles. The average Bonchev–Trinajstić information content (AvgIpc) is 2.84. The summed E-state index contributed by atoms with van der Waals surface area (Å²) in [4.78, 5) is 19.1. The monoisotopic (exact) mass is 192 g/mol. The Morgan fingerprint density at radius 3 is 2.57 bits per heavy atom. The third-order valence-corrected chi connectivity index (χ3v) is 2.35. The van der Waals surface area contributed by atoms with Crippen molar-refractivity contribution in [3.05, 3.63) is 18.0 Å². The molecule has 0 aromatic carbocycles. The van der Waals surface area contributed by atoms with Gasteiger partial charge in [-0.25, -0.2) is 9.97 Å². The highest BCUT2D eigenvalue weighted by molar-refractivity contribution is 5.94. The molecule has 5 nitrogen and oxygen atoms in total. The Morgan fingerprint density at radius 2 is 2.07 bits per heavy atom. The molecule has 1 saturated carbocycles. The Bertz CT molecular complexity index is 356. The molecule has 1 aromatic heterocycles. The lowest BCUT2D eigenvalue weighted by atomic mass is 10.2. The van der Waals surface area contributed by atoms with Gasteiger partial charge in [-0.3, -0.25) is 4.79 Å². The Morgan fingerprint density at radius 1 is 1.50 bits per heavy atom. The first-order valence-electron chi connectivity index (χ1n) is 4.49. The minimum Gasteiger partial charge on any atom is -0.368 e. The van der Waals surface area contributed by atoms with Crippen molar-refractivity contribution in [3.63, 3.8) is 0 Å². The molecule has 14 heavy (non-hydrogen) atoms. The number of nitrogens with zero attached hydrogens (tertiary/aromatic N) is 2. The number of carbonyl (C=O) groups excluding carboxylic acids is 1. The number of rotatable bonds is 2. The van der Waals surface area contributed by atoms with Gasteiger partial charge in [0.2, 0.25) is 5.95 Å². The molecule has 0 spiro atoms. The highest BCUT2D eigenvalue weighted by Crippen LogP contribution is 2.34. The molecular weight excluding hydrogens is 180 g/mol. The summed E-state index contributed by atoms with van der Waals surface area (Å²) in [5, 5.41) is 2.91. The number of amides is 1. The Hall–Kier alpha value is -1.65. The van der Waals surface area contributed by atoms with E-state index in [1.165, 1.54) is 12.4 Å². The summed E-state index contributed by atoms with van der Waals surface area (Å²) in [5.74, 6) is 0.0455. The van der Waals surface area contributed by atoms with Gasteiger partial charge in [0.25, 0.3) is 5.91 Å². The number of hydrogen-bond donors (Lipinski definition) is 2. The molecule has 1 aliphatic carbocycles. The van der Waals surface area contributed by atoms with E-state index in [4.69, 9.17) is 5.73 Å². The molecule has 0 unspecified atom stereocenters. The highest BCUT2D eigenvalue weighted by atomic mass is 16.1. The Kier molecular flexibility index (Phi) is 1.87. The van der Waals surface area contributed by atoms with Gasteiger partial charge in [0.05, 0.1) is 5.56 Å². The van der Waals surface area contributed by atoms with Crippen LogP contribution in [0.25, 0.3) is 0 Å². The van der Waals surface area contributed by atoms with Crippen LogP contribution in [0.15, 0.2) is 12.4 Å². The largest absolute Gasteiger partial charge is 0.368 e. The lowest BCUT2D eigenvalue weighted by Gasteiger charge is -2.10. The second-order valence-electron chi connectivity index (χ2n) is 3.84. The van der Waals surface area contributed by atoms with Crippen LogP contribution < -0.4 is 11.1 Å². The van der Waals surface area contributed by atoms with Crippen LogP contribution in [0.4, 0.5) is 5.95 Å². The Balaban J connectivity index is 2.07. The van der Waals surface area contributed by atoms with Crippen molar-refractivity contribution in [1.82, 2.24) is 15.3 Å². The van der Waals surface area contributed by atoms with Crippen molar-refractivity contribution in [1.29, 1.82) is 0 Å². The number of hydrogen-bond acceptors (Lipinski definition) is 4. The Labute approximate surface area is 81.7 Å². The van der Waals surface area contributed by atoms with Crippen LogP contribution in [0, 0.1) is 0 Å². The number of carbonyl (C=O) groups is 1. The van der Waals surface area contributed by atoms with Crippen LogP contribution in [0.2, 0.25) is 0 Å². The van der Waals surface area contributed by atoms with Crippen molar-refractivity contribution in [2.45, 2.75) is 25.3 Å².